The van der Waals surface area contributed by atoms with Gasteiger partial charge in [-0.3, -0.25) is 0 Å². The van der Waals surface area contributed by atoms with Crippen molar-refractivity contribution in [3.05, 3.63) is 28.0 Å². The van der Waals surface area contributed by atoms with Crippen LogP contribution >= 0.6 is 15.9 Å². The summed E-state index contributed by atoms with van der Waals surface area (Å²) in [6.45, 7) is 0. The smallest absolute Gasteiger partial charge is 0.339 e. The van der Waals surface area contributed by atoms with E-state index in [0.717, 1.165) is 6.07 Å². The van der Waals surface area contributed by atoms with Crippen molar-refractivity contribution in [2.75, 3.05) is 7.11 Å². The second kappa shape index (κ2) is 3.74. The third kappa shape index (κ3) is 1.98. The van der Waals surface area contributed by atoms with Crippen molar-refractivity contribution in [3.8, 4) is 5.75 Å². The van der Waals surface area contributed by atoms with Gasteiger partial charge in [-0.25, -0.2) is 9.18 Å². The van der Waals surface area contributed by atoms with E-state index in [1.54, 1.807) is 0 Å². The van der Waals surface area contributed by atoms with Gasteiger partial charge in [-0.1, -0.05) is 0 Å². The zero-order chi connectivity index (χ0) is 10.0. The van der Waals surface area contributed by atoms with Gasteiger partial charge in [0.25, 0.3) is 0 Å². The van der Waals surface area contributed by atoms with Crippen LogP contribution in [0.1, 0.15) is 10.4 Å². The zero-order valence-electron chi connectivity index (χ0n) is 6.67. The number of carboxylic acid groups (broad SMARTS) is 1. The quantitative estimate of drug-likeness (QED) is 0.874. The van der Waals surface area contributed by atoms with E-state index in [2.05, 4.69) is 15.9 Å². The number of benzene rings is 1. The van der Waals surface area contributed by atoms with Gasteiger partial charge in [0, 0.05) is 10.5 Å². The lowest BCUT2D eigenvalue weighted by molar-refractivity contribution is 0.0691. The molecule has 0 aliphatic rings. The number of halogens is 2. The summed E-state index contributed by atoms with van der Waals surface area (Å²) in [5, 5.41) is 8.60. The van der Waals surface area contributed by atoms with E-state index in [1.165, 1.54) is 13.2 Å². The molecule has 1 aromatic carbocycles. The predicted molar refractivity (Wildman–Crippen MR) is 47.6 cm³/mol. The Morgan fingerprint density at radius 1 is 1.62 bits per heavy atom. The number of carboxylic acids is 1. The Bertz CT molecular complexity index is 328. The molecule has 0 radical (unpaired) electrons. The fourth-order valence-corrected chi connectivity index (χ4v) is 1.46. The van der Waals surface area contributed by atoms with Crippen LogP contribution in [0.4, 0.5) is 4.39 Å². The minimum Gasteiger partial charge on any atom is -0.497 e. The van der Waals surface area contributed by atoms with Crippen LogP contribution in [0.25, 0.3) is 0 Å². The predicted octanol–water partition coefficient (Wildman–Crippen LogP) is 2.29. The van der Waals surface area contributed by atoms with Gasteiger partial charge < -0.3 is 9.84 Å². The largest absolute Gasteiger partial charge is 0.497 e. The highest BCUT2D eigenvalue weighted by molar-refractivity contribution is 9.10. The Kier molecular flexibility index (Phi) is 2.87. The number of aromatic carboxylic acids is 1. The Labute approximate surface area is 82.3 Å². The first-order chi connectivity index (χ1) is 6.06. The molecule has 0 saturated carbocycles. The van der Waals surface area contributed by atoms with Gasteiger partial charge in [-0.15, -0.1) is 0 Å². The molecule has 0 aliphatic carbocycles. The summed E-state index contributed by atoms with van der Waals surface area (Å²) >= 11 is 2.94. The van der Waals surface area contributed by atoms with Crippen LogP contribution in [0.5, 0.6) is 5.75 Å². The van der Waals surface area contributed by atoms with Crippen LogP contribution in [0, 0.1) is 5.82 Å². The number of carbonyl (C=O) groups is 1. The van der Waals surface area contributed by atoms with Crippen LogP contribution < -0.4 is 4.74 Å². The van der Waals surface area contributed by atoms with Gasteiger partial charge in [0.1, 0.15) is 17.1 Å². The highest BCUT2D eigenvalue weighted by atomic mass is 79.9. The normalized spacial score (nSPS) is 9.77. The molecular formula is C8H6BrFO3. The molecule has 0 aromatic heterocycles. The van der Waals surface area contributed by atoms with Crippen molar-refractivity contribution in [2.24, 2.45) is 0 Å². The number of methoxy groups -OCH3 is 1. The zero-order valence-corrected chi connectivity index (χ0v) is 8.26. The van der Waals surface area contributed by atoms with Crippen molar-refractivity contribution in [3.63, 3.8) is 0 Å². The van der Waals surface area contributed by atoms with Crippen LogP contribution in [-0.2, 0) is 0 Å². The maximum atomic E-state index is 13.1. The molecule has 1 rings (SSSR count). The third-order valence-electron chi connectivity index (χ3n) is 1.47. The molecule has 0 bridgehead atoms. The van der Waals surface area contributed by atoms with Crippen molar-refractivity contribution in [1.82, 2.24) is 0 Å². The summed E-state index contributed by atoms with van der Waals surface area (Å²) in [6.07, 6.45) is 0. The van der Waals surface area contributed by atoms with E-state index >= 15 is 0 Å². The fourth-order valence-electron chi connectivity index (χ4n) is 0.872. The van der Waals surface area contributed by atoms with Crippen LogP contribution in [-0.4, -0.2) is 18.2 Å². The molecule has 0 aliphatic heterocycles. The number of hydrogen-bond donors (Lipinski definition) is 1. The van der Waals surface area contributed by atoms with E-state index < -0.39 is 11.8 Å². The second-order valence-corrected chi connectivity index (χ2v) is 3.13. The summed E-state index contributed by atoms with van der Waals surface area (Å²) in [5.74, 6) is -1.86. The number of hydrogen-bond acceptors (Lipinski definition) is 2. The van der Waals surface area contributed by atoms with E-state index in [-0.39, 0.29) is 15.8 Å². The Morgan fingerprint density at radius 2 is 2.23 bits per heavy atom. The average molecular weight is 249 g/mol. The first kappa shape index (κ1) is 9.98. The maximum Gasteiger partial charge on any atom is 0.339 e. The van der Waals surface area contributed by atoms with Crippen molar-refractivity contribution < 1.29 is 19.0 Å². The minimum atomic E-state index is -1.31. The van der Waals surface area contributed by atoms with Crippen molar-refractivity contribution in [2.45, 2.75) is 0 Å². The molecule has 13 heavy (non-hydrogen) atoms. The van der Waals surface area contributed by atoms with Crippen LogP contribution in [0.15, 0.2) is 16.6 Å². The summed E-state index contributed by atoms with van der Waals surface area (Å²) in [6, 6.07) is 2.42. The summed E-state index contributed by atoms with van der Waals surface area (Å²) in [4.78, 5) is 10.5. The summed E-state index contributed by atoms with van der Waals surface area (Å²) in [5.41, 5.74) is -0.388. The Morgan fingerprint density at radius 3 is 2.62 bits per heavy atom. The van der Waals surface area contributed by atoms with Crippen LogP contribution in [0.2, 0.25) is 0 Å². The van der Waals surface area contributed by atoms with Crippen LogP contribution in [0.3, 0.4) is 0 Å². The van der Waals surface area contributed by atoms with E-state index in [9.17, 15) is 9.18 Å². The monoisotopic (exact) mass is 248 g/mol. The van der Waals surface area contributed by atoms with Gasteiger partial charge in [-0.05, 0) is 22.0 Å². The summed E-state index contributed by atoms with van der Waals surface area (Å²) < 4.78 is 18.0. The lowest BCUT2D eigenvalue weighted by Crippen LogP contribution is -2.02. The fraction of sp³-hybridized carbons (Fsp3) is 0.125. The number of ether oxygens (including phenoxy) is 1. The second-order valence-electron chi connectivity index (χ2n) is 2.27. The molecule has 5 heteroatoms. The Balaban J connectivity index is 3.31. The molecule has 0 amide bonds. The van der Waals surface area contributed by atoms with Gasteiger partial charge >= 0.3 is 5.97 Å². The first-order valence-electron chi connectivity index (χ1n) is 3.32. The SMILES string of the molecule is COc1cc(F)c(C(=O)O)c(Br)c1. The highest BCUT2D eigenvalue weighted by Gasteiger charge is 2.15. The number of rotatable bonds is 2. The molecule has 3 nitrogen and oxygen atoms in total. The molecule has 0 unspecified atom stereocenters. The molecule has 1 N–H and O–H groups in total. The van der Waals surface area contributed by atoms with Crippen molar-refractivity contribution in [1.29, 1.82) is 0 Å². The van der Waals surface area contributed by atoms with Gasteiger partial charge in [0.05, 0.1) is 7.11 Å². The minimum absolute atomic E-state index is 0.164. The molecular weight excluding hydrogens is 243 g/mol. The lowest BCUT2D eigenvalue weighted by atomic mass is 10.2. The van der Waals surface area contributed by atoms with E-state index in [0.29, 0.717) is 0 Å². The first-order valence-corrected chi connectivity index (χ1v) is 4.12. The molecule has 0 spiro atoms. The molecule has 0 atom stereocenters. The molecule has 0 saturated heterocycles. The lowest BCUT2D eigenvalue weighted by Gasteiger charge is -2.04. The van der Waals surface area contributed by atoms with Gasteiger partial charge in [-0.2, -0.15) is 0 Å². The van der Waals surface area contributed by atoms with Gasteiger partial charge in [0.2, 0.25) is 0 Å². The highest BCUT2D eigenvalue weighted by Crippen LogP contribution is 2.25. The third-order valence-corrected chi connectivity index (χ3v) is 2.09. The molecule has 0 heterocycles. The summed E-state index contributed by atoms with van der Waals surface area (Å²) in [7, 11) is 1.38. The van der Waals surface area contributed by atoms with E-state index in [1.807, 2.05) is 0 Å². The standard InChI is InChI=1S/C8H6BrFO3/c1-13-4-2-5(9)7(8(11)12)6(10)3-4/h2-3H,1H3,(H,11,12). The molecule has 1 aromatic rings. The van der Waals surface area contributed by atoms with Crippen molar-refractivity contribution >= 4 is 21.9 Å². The maximum absolute atomic E-state index is 13.1. The van der Waals surface area contributed by atoms with Gasteiger partial charge in [0.15, 0.2) is 0 Å². The topological polar surface area (TPSA) is 46.5 Å². The van der Waals surface area contributed by atoms with E-state index in [4.69, 9.17) is 9.84 Å². The average Bonchev–Trinajstić information content (AvgIpc) is 2.02. The Hall–Kier alpha value is -1.10. The molecule has 0 fully saturated rings. The molecule has 70 valence electrons.